The van der Waals surface area contributed by atoms with E-state index in [9.17, 15) is 19.2 Å². The fourth-order valence-corrected chi connectivity index (χ4v) is 2.35. The van der Waals surface area contributed by atoms with Gasteiger partial charge in [-0.2, -0.15) is 0 Å². The Labute approximate surface area is 148 Å². The van der Waals surface area contributed by atoms with Gasteiger partial charge in [0.15, 0.2) is 0 Å². The van der Waals surface area contributed by atoms with E-state index in [1.54, 1.807) is 13.8 Å². The molecule has 0 atom stereocenters. The monoisotopic (exact) mass is 364 g/mol. The normalized spacial score (nSPS) is 10.6. The van der Waals surface area contributed by atoms with E-state index in [1.807, 2.05) is 0 Å². The van der Waals surface area contributed by atoms with Gasteiger partial charge in [0, 0.05) is 6.54 Å². The van der Waals surface area contributed by atoms with Gasteiger partial charge in [-0.25, -0.2) is 9.78 Å². The maximum atomic E-state index is 12.6. The number of hydrogen-bond donors (Lipinski definition) is 2. The predicted molar refractivity (Wildman–Crippen MR) is 90.7 cm³/mol. The van der Waals surface area contributed by atoms with Gasteiger partial charge in [-0.3, -0.25) is 19.0 Å². The maximum Gasteiger partial charge on any atom is 0.342 e. The number of hydrogen-bond acceptors (Lipinski definition) is 7. The number of rotatable bonds is 7. The summed E-state index contributed by atoms with van der Waals surface area (Å²) in [6.45, 7) is 4.96. The van der Waals surface area contributed by atoms with Crippen molar-refractivity contribution in [2.24, 2.45) is 0 Å². The largest absolute Gasteiger partial charge is 0.462 e. The van der Waals surface area contributed by atoms with Crippen molar-refractivity contribution in [2.75, 3.05) is 19.7 Å². The van der Waals surface area contributed by atoms with Crippen molar-refractivity contribution in [3.8, 4) is 0 Å². The van der Waals surface area contributed by atoms with Gasteiger partial charge in [-0.15, -0.1) is 0 Å². The SMILES string of the molecule is CCNC(=O)CNC(=O)Cn1cnc2oc(C)c(C(=O)OCC)c2c1=O. The lowest BCUT2D eigenvalue weighted by atomic mass is 10.2. The minimum atomic E-state index is -0.693. The molecule has 0 aromatic carbocycles. The van der Waals surface area contributed by atoms with Crippen LogP contribution in [0.25, 0.3) is 11.1 Å². The molecule has 2 aromatic rings. The highest BCUT2D eigenvalue weighted by atomic mass is 16.5. The zero-order valence-corrected chi connectivity index (χ0v) is 14.7. The molecular weight excluding hydrogens is 344 g/mol. The van der Waals surface area contributed by atoms with Crippen molar-refractivity contribution in [2.45, 2.75) is 27.3 Å². The second kappa shape index (κ2) is 8.28. The third-order valence-electron chi connectivity index (χ3n) is 3.47. The molecule has 2 N–H and O–H groups in total. The number of ether oxygens (including phenoxy) is 1. The zero-order valence-electron chi connectivity index (χ0n) is 14.7. The highest BCUT2D eigenvalue weighted by Crippen LogP contribution is 2.21. The first kappa shape index (κ1) is 19.2. The van der Waals surface area contributed by atoms with Crippen molar-refractivity contribution in [1.82, 2.24) is 20.2 Å². The summed E-state index contributed by atoms with van der Waals surface area (Å²) in [5, 5.41) is 4.90. The standard InChI is InChI=1S/C16H20N4O6/c1-4-17-10(21)6-18-11(22)7-20-8-19-14-13(15(20)23)12(9(3)26-14)16(24)25-5-2/h8H,4-7H2,1-3H3,(H,17,21)(H,18,22). The Morgan fingerprint density at radius 3 is 2.62 bits per heavy atom. The summed E-state index contributed by atoms with van der Waals surface area (Å²) in [6, 6.07) is 0. The number of aryl methyl sites for hydroxylation is 1. The van der Waals surface area contributed by atoms with Gasteiger partial charge < -0.3 is 19.8 Å². The fourth-order valence-electron chi connectivity index (χ4n) is 2.35. The highest BCUT2D eigenvalue weighted by molar-refractivity contribution is 6.03. The first-order valence-electron chi connectivity index (χ1n) is 8.08. The van der Waals surface area contributed by atoms with E-state index in [2.05, 4.69) is 15.6 Å². The van der Waals surface area contributed by atoms with E-state index < -0.39 is 17.4 Å². The Morgan fingerprint density at radius 2 is 1.96 bits per heavy atom. The molecule has 0 aliphatic heterocycles. The Balaban J connectivity index is 2.27. The van der Waals surface area contributed by atoms with Gasteiger partial charge in [-0.05, 0) is 20.8 Å². The summed E-state index contributed by atoms with van der Waals surface area (Å²) < 4.78 is 11.3. The van der Waals surface area contributed by atoms with Crippen molar-refractivity contribution in [1.29, 1.82) is 0 Å². The Bertz CT molecular complexity index is 898. The van der Waals surface area contributed by atoms with E-state index in [0.717, 1.165) is 10.9 Å². The third-order valence-corrected chi connectivity index (χ3v) is 3.47. The summed E-state index contributed by atoms with van der Waals surface area (Å²) in [7, 11) is 0. The minimum Gasteiger partial charge on any atom is -0.462 e. The molecule has 10 nitrogen and oxygen atoms in total. The van der Waals surface area contributed by atoms with E-state index in [4.69, 9.17) is 9.15 Å². The predicted octanol–water partition coefficient (Wildman–Crippen LogP) is -0.273. The third kappa shape index (κ3) is 4.08. The number of nitrogens with one attached hydrogen (secondary N) is 2. The molecule has 0 spiro atoms. The summed E-state index contributed by atoms with van der Waals surface area (Å²) in [4.78, 5) is 52.0. The molecular formula is C16H20N4O6. The summed E-state index contributed by atoms with van der Waals surface area (Å²) in [5.41, 5.74) is -0.617. The molecule has 0 aliphatic carbocycles. The lowest BCUT2D eigenvalue weighted by Crippen LogP contribution is -2.39. The molecule has 0 saturated carbocycles. The van der Waals surface area contributed by atoms with Gasteiger partial charge in [0.05, 0.1) is 13.2 Å². The first-order valence-corrected chi connectivity index (χ1v) is 8.08. The Morgan fingerprint density at radius 1 is 1.23 bits per heavy atom. The highest BCUT2D eigenvalue weighted by Gasteiger charge is 2.24. The molecule has 2 aromatic heterocycles. The molecule has 0 saturated heterocycles. The second-order valence-corrected chi connectivity index (χ2v) is 5.34. The molecule has 0 bridgehead atoms. The van der Waals surface area contributed by atoms with Gasteiger partial charge in [0.1, 0.15) is 29.6 Å². The number of esters is 1. The Hall–Kier alpha value is -3.17. The first-order chi connectivity index (χ1) is 12.4. The number of amides is 2. The number of carbonyl (C=O) groups excluding carboxylic acids is 3. The Kier molecular flexibility index (Phi) is 6.10. The van der Waals surface area contributed by atoms with Crippen molar-refractivity contribution in [3.05, 3.63) is 28.0 Å². The maximum absolute atomic E-state index is 12.6. The van der Waals surface area contributed by atoms with Crippen LogP contribution in [-0.4, -0.2) is 47.0 Å². The van der Waals surface area contributed by atoms with Crippen LogP contribution in [0.15, 0.2) is 15.5 Å². The van der Waals surface area contributed by atoms with Crippen LogP contribution in [0.1, 0.15) is 30.0 Å². The summed E-state index contributed by atoms with van der Waals surface area (Å²) >= 11 is 0. The van der Waals surface area contributed by atoms with Crippen LogP contribution in [0.3, 0.4) is 0 Å². The number of furan rings is 1. The molecule has 2 heterocycles. The van der Waals surface area contributed by atoms with Crippen molar-refractivity contribution in [3.63, 3.8) is 0 Å². The quantitative estimate of drug-likeness (QED) is 0.646. The van der Waals surface area contributed by atoms with Crippen LogP contribution >= 0.6 is 0 Å². The van der Waals surface area contributed by atoms with E-state index in [-0.39, 0.29) is 48.0 Å². The van der Waals surface area contributed by atoms with Crippen molar-refractivity contribution >= 4 is 28.9 Å². The van der Waals surface area contributed by atoms with Crippen LogP contribution < -0.4 is 16.2 Å². The van der Waals surface area contributed by atoms with Gasteiger partial charge in [0.2, 0.25) is 17.5 Å². The molecule has 2 amide bonds. The number of fused-ring (bicyclic) bond motifs is 1. The number of nitrogens with zero attached hydrogens (tertiary/aromatic N) is 2. The average Bonchev–Trinajstić information content (AvgIpc) is 2.93. The van der Waals surface area contributed by atoms with Crippen LogP contribution in [0.2, 0.25) is 0 Å². The van der Waals surface area contributed by atoms with E-state index >= 15 is 0 Å². The molecule has 0 radical (unpaired) electrons. The number of likely N-dealkylation sites (N-methyl/N-ethyl adjacent to an activating group) is 1. The molecule has 0 fully saturated rings. The zero-order chi connectivity index (χ0) is 19.3. The smallest absolute Gasteiger partial charge is 0.342 e. The number of carbonyl (C=O) groups is 3. The van der Waals surface area contributed by atoms with Gasteiger partial charge in [0.25, 0.3) is 5.56 Å². The van der Waals surface area contributed by atoms with E-state index in [1.165, 1.54) is 6.92 Å². The molecule has 26 heavy (non-hydrogen) atoms. The van der Waals surface area contributed by atoms with E-state index in [0.29, 0.717) is 6.54 Å². The second-order valence-electron chi connectivity index (χ2n) is 5.34. The van der Waals surface area contributed by atoms with Crippen LogP contribution in [-0.2, 0) is 20.9 Å². The number of aromatic nitrogens is 2. The van der Waals surface area contributed by atoms with Crippen LogP contribution in [0, 0.1) is 6.92 Å². The van der Waals surface area contributed by atoms with Crippen molar-refractivity contribution < 1.29 is 23.5 Å². The lowest BCUT2D eigenvalue weighted by molar-refractivity contribution is -0.126. The van der Waals surface area contributed by atoms with Gasteiger partial charge in [-0.1, -0.05) is 0 Å². The summed E-state index contributed by atoms with van der Waals surface area (Å²) in [6.07, 6.45) is 1.15. The fraction of sp³-hybridized carbons (Fsp3) is 0.438. The lowest BCUT2D eigenvalue weighted by Gasteiger charge is -2.07. The average molecular weight is 364 g/mol. The summed E-state index contributed by atoms with van der Waals surface area (Å²) in [5.74, 6) is -1.36. The van der Waals surface area contributed by atoms with Gasteiger partial charge >= 0.3 is 5.97 Å². The molecule has 0 aliphatic rings. The molecule has 2 rings (SSSR count). The molecule has 10 heteroatoms. The topological polar surface area (TPSA) is 133 Å². The van der Waals surface area contributed by atoms with Crippen LogP contribution in [0.5, 0.6) is 0 Å². The minimum absolute atomic E-state index is 0.00330. The van der Waals surface area contributed by atoms with Crippen LogP contribution in [0.4, 0.5) is 0 Å². The molecule has 0 unspecified atom stereocenters. The molecule has 140 valence electrons.